The number of rotatable bonds is 5. The summed E-state index contributed by atoms with van der Waals surface area (Å²) < 4.78 is 6.83. The summed E-state index contributed by atoms with van der Waals surface area (Å²) >= 11 is 0. The number of furan rings is 1. The maximum Gasteiger partial charge on any atom is 0.160 e. The third-order valence-corrected chi connectivity index (χ3v) is 10.9. The smallest absolute Gasteiger partial charge is 0.160 e. The molecule has 0 fully saturated rings. The first-order chi connectivity index (χ1) is 27.2. The molecule has 0 bridgehead atoms. The summed E-state index contributed by atoms with van der Waals surface area (Å²) in [6, 6.07) is 66.3. The van der Waals surface area contributed by atoms with Crippen LogP contribution in [0.1, 0.15) is 22.9 Å². The van der Waals surface area contributed by atoms with Gasteiger partial charge in [0, 0.05) is 27.5 Å². The van der Waals surface area contributed by atoms with Gasteiger partial charge in [0.15, 0.2) is 5.84 Å². The monoisotopic (exact) mass is 703 g/mol. The van der Waals surface area contributed by atoms with Gasteiger partial charge in [-0.3, -0.25) is 0 Å². The van der Waals surface area contributed by atoms with E-state index in [0.717, 1.165) is 61.0 Å². The van der Waals surface area contributed by atoms with Crippen molar-refractivity contribution in [2.45, 2.75) is 6.17 Å². The van der Waals surface area contributed by atoms with Gasteiger partial charge in [-0.25, -0.2) is 9.98 Å². The Kier molecular flexibility index (Phi) is 7.20. The lowest BCUT2D eigenvalue weighted by molar-refractivity contribution is 0.669. The number of nitrogens with zero attached hydrogens (tertiary/aromatic N) is 2. The number of hydrogen-bond acceptors (Lipinski definition) is 4. The lowest BCUT2D eigenvalue weighted by Crippen LogP contribution is -2.33. The van der Waals surface area contributed by atoms with Crippen molar-refractivity contribution in [3.63, 3.8) is 0 Å². The summed E-state index contributed by atoms with van der Waals surface area (Å²) in [6.07, 6.45) is -0.350. The fourth-order valence-corrected chi connectivity index (χ4v) is 8.26. The molecule has 1 atom stereocenters. The number of aliphatic imine (C=N–C) groups is 2. The third kappa shape index (κ3) is 5.30. The Hall–Kier alpha value is -7.30. The topological polar surface area (TPSA) is 49.9 Å². The van der Waals surface area contributed by atoms with Gasteiger partial charge < -0.3 is 9.73 Å². The Balaban J connectivity index is 1.10. The second-order valence-electron chi connectivity index (χ2n) is 14.2. The summed E-state index contributed by atoms with van der Waals surface area (Å²) in [5, 5.41) is 12.8. The van der Waals surface area contributed by atoms with Crippen LogP contribution in [0.4, 0.5) is 0 Å². The van der Waals surface area contributed by atoms with Crippen LogP contribution in [-0.2, 0) is 0 Å². The molecule has 2 heterocycles. The fraction of sp³-hybridized carbons (Fsp3) is 0.0196. The van der Waals surface area contributed by atoms with Crippen LogP contribution in [0.2, 0.25) is 0 Å². The normalized spacial score (nSPS) is 14.4. The number of fused-ring (bicyclic) bond motifs is 6. The summed E-state index contributed by atoms with van der Waals surface area (Å²) in [4.78, 5) is 10.6. The molecule has 1 aliphatic rings. The Morgan fingerprint density at radius 2 is 1.05 bits per heavy atom. The molecule has 1 unspecified atom stereocenters. The van der Waals surface area contributed by atoms with Crippen LogP contribution in [0.3, 0.4) is 0 Å². The third-order valence-electron chi connectivity index (χ3n) is 10.9. The number of hydrogen-bond donors (Lipinski definition) is 1. The molecule has 1 N–H and O–H groups in total. The standard InChI is InChI=1S/C51H33N3O/c1-2-14-34(15-3-1)39-18-8-20-41-40(39)19-9-21-42(41)43-22-10-23-44-47-45(24-11-25-46(47)55-48(43)44)51-53-49(37-28-26-32-12-4-6-16-35(32)30-37)52-50(54-51)38-29-27-33-13-5-7-17-36(33)31-38/h1-31,49H,(H,52,53,54). The summed E-state index contributed by atoms with van der Waals surface area (Å²) in [5.74, 6) is 1.45. The number of para-hydroxylation sites is 1. The predicted molar refractivity (Wildman–Crippen MR) is 229 cm³/mol. The van der Waals surface area contributed by atoms with E-state index in [2.05, 4.69) is 187 Å². The molecule has 55 heavy (non-hydrogen) atoms. The van der Waals surface area contributed by atoms with Crippen LogP contribution in [0, 0.1) is 0 Å². The summed E-state index contributed by atoms with van der Waals surface area (Å²) in [7, 11) is 0. The number of nitrogens with one attached hydrogen (secondary N) is 1. The van der Waals surface area contributed by atoms with Gasteiger partial charge in [0.25, 0.3) is 0 Å². The molecular formula is C51H33N3O. The van der Waals surface area contributed by atoms with Gasteiger partial charge in [-0.15, -0.1) is 0 Å². The molecule has 9 aromatic carbocycles. The number of benzene rings is 9. The minimum absolute atomic E-state index is 0.350. The Morgan fingerprint density at radius 1 is 0.436 bits per heavy atom. The lowest BCUT2D eigenvalue weighted by Gasteiger charge is -2.24. The van der Waals surface area contributed by atoms with Crippen molar-refractivity contribution in [1.29, 1.82) is 0 Å². The average molecular weight is 704 g/mol. The molecule has 0 radical (unpaired) electrons. The largest absolute Gasteiger partial charge is 0.455 e. The van der Waals surface area contributed by atoms with E-state index in [0.29, 0.717) is 5.84 Å². The van der Waals surface area contributed by atoms with Crippen LogP contribution in [-0.4, -0.2) is 11.7 Å². The SMILES string of the molecule is c1ccc(-c2cccc3c(-c4cccc5c4oc4cccc(C6=NC(c7ccc8ccccc8c7)NC(c7ccc8ccccc8c7)=N6)c45)cccc23)cc1. The van der Waals surface area contributed by atoms with Crippen molar-refractivity contribution in [3.05, 3.63) is 205 Å². The van der Waals surface area contributed by atoms with Crippen molar-refractivity contribution in [2.24, 2.45) is 9.98 Å². The van der Waals surface area contributed by atoms with E-state index in [1.165, 1.54) is 38.1 Å². The molecule has 0 spiro atoms. The highest BCUT2D eigenvalue weighted by Crippen LogP contribution is 2.42. The van der Waals surface area contributed by atoms with Gasteiger partial charge >= 0.3 is 0 Å². The Labute approximate surface area is 317 Å². The second kappa shape index (κ2) is 12.7. The highest BCUT2D eigenvalue weighted by atomic mass is 16.3. The average Bonchev–Trinajstić information content (AvgIpc) is 3.65. The highest BCUT2D eigenvalue weighted by molar-refractivity contribution is 6.23. The maximum atomic E-state index is 6.83. The van der Waals surface area contributed by atoms with Gasteiger partial charge in [0.2, 0.25) is 0 Å². The minimum atomic E-state index is -0.350. The van der Waals surface area contributed by atoms with Gasteiger partial charge in [-0.2, -0.15) is 0 Å². The van der Waals surface area contributed by atoms with E-state index in [9.17, 15) is 0 Å². The molecule has 4 heteroatoms. The highest BCUT2D eigenvalue weighted by Gasteiger charge is 2.25. The fourth-order valence-electron chi connectivity index (χ4n) is 8.26. The predicted octanol–water partition coefficient (Wildman–Crippen LogP) is 12.9. The van der Waals surface area contributed by atoms with E-state index >= 15 is 0 Å². The van der Waals surface area contributed by atoms with Crippen LogP contribution >= 0.6 is 0 Å². The molecule has 1 aliphatic heterocycles. The quantitative estimate of drug-likeness (QED) is 0.194. The Bertz CT molecular complexity index is 3190. The summed E-state index contributed by atoms with van der Waals surface area (Å²) in [5.41, 5.74) is 9.26. The van der Waals surface area contributed by atoms with E-state index in [1.54, 1.807) is 0 Å². The first kappa shape index (κ1) is 31.2. The van der Waals surface area contributed by atoms with Gasteiger partial charge in [0.1, 0.15) is 23.2 Å². The first-order valence-corrected chi connectivity index (χ1v) is 18.7. The van der Waals surface area contributed by atoms with E-state index in [4.69, 9.17) is 14.4 Å². The summed E-state index contributed by atoms with van der Waals surface area (Å²) in [6.45, 7) is 0. The van der Waals surface area contributed by atoms with Crippen LogP contribution in [0.15, 0.2) is 202 Å². The number of amidine groups is 2. The van der Waals surface area contributed by atoms with Crippen LogP contribution in [0.25, 0.3) is 76.5 Å². The molecular weight excluding hydrogens is 671 g/mol. The molecule has 4 nitrogen and oxygen atoms in total. The molecule has 10 aromatic rings. The minimum Gasteiger partial charge on any atom is -0.455 e. The molecule has 0 saturated heterocycles. The van der Waals surface area contributed by atoms with Gasteiger partial charge in [0.05, 0.1) is 0 Å². The van der Waals surface area contributed by atoms with Crippen LogP contribution in [0.5, 0.6) is 0 Å². The first-order valence-electron chi connectivity index (χ1n) is 18.7. The van der Waals surface area contributed by atoms with Gasteiger partial charge in [-0.05, 0) is 72.8 Å². The maximum absolute atomic E-state index is 6.83. The zero-order valence-electron chi connectivity index (χ0n) is 29.8. The van der Waals surface area contributed by atoms with Crippen molar-refractivity contribution in [3.8, 4) is 22.3 Å². The van der Waals surface area contributed by atoms with E-state index in [1.807, 2.05) is 6.07 Å². The second-order valence-corrected chi connectivity index (χ2v) is 14.2. The molecule has 0 saturated carbocycles. The van der Waals surface area contributed by atoms with Crippen molar-refractivity contribution in [2.75, 3.05) is 0 Å². The molecule has 258 valence electrons. The van der Waals surface area contributed by atoms with Crippen molar-refractivity contribution in [1.82, 2.24) is 5.32 Å². The van der Waals surface area contributed by atoms with Crippen LogP contribution < -0.4 is 5.32 Å². The molecule has 1 aromatic heterocycles. The van der Waals surface area contributed by atoms with Crippen molar-refractivity contribution >= 4 is 65.9 Å². The van der Waals surface area contributed by atoms with E-state index in [-0.39, 0.29) is 6.17 Å². The lowest BCUT2D eigenvalue weighted by atomic mass is 9.92. The van der Waals surface area contributed by atoms with Gasteiger partial charge in [-0.1, -0.05) is 170 Å². The molecule has 0 amide bonds. The molecule has 0 aliphatic carbocycles. The zero-order chi connectivity index (χ0) is 36.3. The van der Waals surface area contributed by atoms with Crippen molar-refractivity contribution < 1.29 is 4.42 Å². The molecule has 11 rings (SSSR count). The Morgan fingerprint density at radius 3 is 1.85 bits per heavy atom. The zero-order valence-corrected chi connectivity index (χ0v) is 29.8. The van der Waals surface area contributed by atoms with E-state index < -0.39 is 0 Å².